The summed E-state index contributed by atoms with van der Waals surface area (Å²) in [7, 11) is 3.25. The van der Waals surface area contributed by atoms with Gasteiger partial charge in [-0.05, 0) is 18.2 Å². The van der Waals surface area contributed by atoms with Gasteiger partial charge in [0.1, 0.15) is 5.75 Å². The van der Waals surface area contributed by atoms with Crippen molar-refractivity contribution in [1.82, 2.24) is 15.2 Å². The van der Waals surface area contributed by atoms with Crippen molar-refractivity contribution in [2.45, 2.75) is 19.4 Å². The van der Waals surface area contributed by atoms with Gasteiger partial charge in [-0.3, -0.25) is 9.59 Å². The first-order valence-electron chi connectivity index (χ1n) is 7.90. The molecule has 2 aromatic rings. The first-order chi connectivity index (χ1) is 12.4. The number of hydrogen-bond donors (Lipinski definition) is 1. The average molecular weight is 363 g/mol. The molecule has 1 heterocycles. The Bertz CT molecular complexity index is 797. The summed E-state index contributed by atoms with van der Waals surface area (Å²) < 4.78 is 31.7. The number of aromatic nitrogens is 1. The second kappa shape index (κ2) is 8.89. The summed E-state index contributed by atoms with van der Waals surface area (Å²) in [5.41, 5.74) is 0.560. The van der Waals surface area contributed by atoms with Crippen molar-refractivity contribution >= 4 is 11.8 Å². The standard InChI is InChI=1S/C18H19F2N3O3/c1-23(2)17(25)8-7-16(24)22-11-12-4-3-9-21-18(12)26-13-5-6-14(19)15(20)10-13/h3-6,9-10H,7-8,11H2,1-2H3,(H,22,24). The fourth-order valence-electron chi connectivity index (χ4n) is 2.03. The normalized spacial score (nSPS) is 10.3. The molecular weight excluding hydrogens is 344 g/mol. The molecule has 2 rings (SSSR count). The lowest BCUT2D eigenvalue weighted by Crippen LogP contribution is -2.27. The summed E-state index contributed by atoms with van der Waals surface area (Å²) >= 11 is 0. The molecule has 0 aliphatic rings. The maximum Gasteiger partial charge on any atom is 0.224 e. The van der Waals surface area contributed by atoms with Crippen molar-refractivity contribution in [1.29, 1.82) is 0 Å². The zero-order valence-electron chi connectivity index (χ0n) is 14.5. The van der Waals surface area contributed by atoms with Crippen molar-refractivity contribution in [3.63, 3.8) is 0 Å². The number of carbonyl (C=O) groups excluding carboxylic acids is 2. The van der Waals surface area contributed by atoms with E-state index in [9.17, 15) is 18.4 Å². The third-order valence-corrected chi connectivity index (χ3v) is 3.50. The predicted molar refractivity (Wildman–Crippen MR) is 90.4 cm³/mol. The predicted octanol–water partition coefficient (Wildman–Crippen LogP) is 2.64. The molecule has 0 atom stereocenters. The summed E-state index contributed by atoms with van der Waals surface area (Å²) in [6, 6.07) is 6.50. The van der Waals surface area contributed by atoms with Crippen LogP contribution in [-0.2, 0) is 16.1 Å². The molecule has 26 heavy (non-hydrogen) atoms. The van der Waals surface area contributed by atoms with E-state index in [1.165, 1.54) is 17.2 Å². The van der Waals surface area contributed by atoms with Crippen LogP contribution in [0.5, 0.6) is 11.6 Å². The Morgan fingerprint density at radius 2 is 1.92 bits per heavy atom. The van der Waals surface area contributed by atoms with E-state index in [0.29, 0.717) is 5.56 Å². The van der Waals surface area contributed by atoms with Crippen LogP contribution >= 0.6 is 0 Å². The number of nitrogens with one attached hydrogen (secondary N) is 1. The number of amides is 2. The zero-order valence-corrected chi connectivity index (χ0v) is 14.5. The molecule has 2 amide bonds. The average Bonchev–Trinajstić information content (AvgIpc) is 2.62. The summed E-state index contributed by atoms with van der Waals surface area (Å²) in [4.78, 5) is 28.8. The van der Waals surface area contributed by atoms with Crippen LogP contribution in [0.4, 0.5) is 8.78 Å². The van der Waals surface area contributed by atoms with Crippen molar-refractivity contribution in [2.24, 2.45) is 0 Å². The van der Waals surface area contributed by atoms with Crippen LogP contribution < -0.4 is 10.1 Å². The highest BCUT2D eigenvalue weighted by atomic mass is 19.2. The Morgan fingerprint density at radius 3 is 2.62 bits per heavy atom. The minimum atomic E-state index is -1.03. The maximum atomic E-state index is 13.3. The summed E-state index contributed by atoms with van der Waals surface area (Å²) in [5.74, 6) is -2.17. The van der Waals surface area contributed by atoms with Gasteiger partial charge in [0, 0.05) is 51.3 Å². The molecule has 0 aliphatic carbocycles. The molecule has 0 fully saturated rings. The first-order valence-corrected chi connectivity index (χ1v) is 7.90. The summed E-state index contributed by atoms with van der Waals surface area (Å²) in [6.45, 7) is 0.127. The number of ether oxygens (including phenoxy) is 1. The van der Waals surface area contributed by atoms with Crippen LogP contribution in [0.1, 0.15) is 18.4 Å². The van der Waals surface area contributed by atoms with Crippen LogP contribution in [0.25, 0.3) is 0 Å². The van der Waals surface area contributed by atoms with E-state index in [-0.39, 0.29) is 42.8 Å². The van der Waals surface area contributed by atoms with E-state index in [2.05, 4.69) is 10.3 Å². The first kappa shape index (κ1) is 19.3. The van der Waals surface area contributed by atoms with Gasteiger partial charge < -0.3 is 15.0 Å². The number of halogens is 2. The molecule has 0 saturated heterocycles. The molecule has 8 heteroatoms. The number of hydrogen-bond acceptors (Lipinski definition) is 4. The number of pyridine rings is 1. The van der Waals surface area contributed by atoms with Crippen LogP contribution in [0.15, 0.2) is 36.5 Å². The number of rotatable bonds is 7. The monoisotopic (exact) mass is 363 g/mol. The molecule has 0 aliphatic heterocycles. The van der Waals surface area contributed by atoms with Crippen molar-refractivity contribution < 1.29 is 23.1 Å². The van der Waals surface area contributed by atoms with E-state index in [1.807, 2.05) is 0 Å². The third kappa shape index (κ3) is 5.51. The zero-order chi connectivity index (χ0) is 19.1. The van der Waals surface area contributed by atoms with Gasteiger partial charge in [-0.2, -0.15) is 0 Å². The quantitative estimate of drug-likeness (QED) is 0.821. The second-order valence-electron chi connectivity index (χ2n) is 5.71. The van der Waals surface area contributed by atoms with Crippen molar-refractivity contribution in [2.75, 3.05) is 14.1 Å². The number of nitrogens with zero attached hydrogens (tertiary/aromatic N) is 2. The summed E-state index contributed by atoms with van der Waals surface area (Å²) in [5, 5.41) is 2.68. The van der Waals surface area contributed by atoms with Crippen molar-refractivity contribution in [3.8, 4) is 11.6 Å². The van der Waals surface area contributed by atoms with Gasteiger partial charge in [0.15, 0.2) is 11.6 Å². The lowest BCUT2D eigenvalue weighted by Gasteiger charge is -2.12. The Morgan fingerprint density at radius 1 is 1.15 bits per heavy atom. The molecule has 138 valence electrons. The number of benzene rings is 1. The van der Waals surface area contributed by atoms with Gasteiger partial charge >= 0.3 is 0 Å². The van der Waals surface area contributed by atoms with Gasteiger partial charge in [0.05, 0.1) is 0 Å². The van der Waals surface area contributed by atoms with E-state index in [4.69, 9.17) is 4.74 Å². The highest BCUT2D eigenvalue weighted by Crippen LogP contribution is 2.24. The van der Waals surface area contributed by atoms with Crippen LogP contribution in [0.3, 0.4) is 0 Å². The SMILES string of the molecule is CN(C)C(=O)CCC(=O)NCc1cccnc1Oc1ccc(F)c(F)c1. The molecule has 1 aromatic carbocycles. The van der Waals surface area contributed by atoms with Gasteiger partial charge in [-0.1, -0.05) is 6.07 Å². The fourth-order valence-corrected chi connectivity index (χ4v) is 2.03. The second-order valence-corrected chi connectivity index (χ2v) is 5.71. The Kier molecular flexibility index (Phi) is 6.60. The largest absolute Gasteiger partial charge is 0.439 e. The molecule has 1 N–H and O–H groups in total. The Hall–Kier alpha value is -3.03. The lowest BCUT2D eigenvalue weighted by molar-refractivity contribution is -0.131. The van der Waals surface area contributed by atoms with E-state index in [0.717, 1.165) is 12.1 Å². The molecular formula is C18H19F2N3O3. The molecule has 1 aromatic heterocycles. The molecule has 0 spiro atoms. The molecule has 0 unspecified atom stereocenters. The van der Waals surface area contributed by atoms with E-state index >= 15 is 0 Å². The minimum absolute atomic E-state index is 0.0661. The summed E-state index contributed by atoms with van der Waals surface area (Å²) in [6.07, 6.45) is 1.66. The van der Waals surface area contributed by atoms with Gasteiger partial charge in [-0.15, -0.1) is 0 Å². The lowest BCUT2D eigenvalue weighted by atomic mass is 10.2. The highest BCUT2D eigenvalue weighted by Gasteiger charge is 2.12. The Balaban J connectivity index is 1.97. The Labute approximate surface area is 149 Å². The van der Waals surface area contributed by atoms with Crippen LogP contribution in [0, 0.1) is 11.6 Å². The molecule has 0 radical (unpaired) electrons. The smallest absolute Gasteiger partial charge is 0.224 e. The maximum absolute atomic E-state index is 13.3. The molecule has 0 saturated carbocycles. The fraction of sp³-hybridized carbons (Fsp3) is 0.278. The molecule has 6 nitrogen and oxygen atoms in total. The minimum Gasteiger partial charge on any atom is -0.439 e. The number of carbonyl (C=O) groups is 2. The molecule has 0 bridgehead atoms. The topological polar surface area (TPSA) is 71.5 Å². The van der Waals surface area contributed by atoms with Gasteiger partial charge in [-0.25, -0.2) is 13.8 Å². The third-order valence-electron chi connectivity index (χ3n) is 3.50. The van der Waals surface area contributed by atoms with E-state index < -0.39 is 11.6 Å². The van der Waals surface area contributed by atoms with Gasteiger partial charge in [0.25, 0.3) is 0 Å². The van der Waals surface area contributed by atoms with Crippen LogP contribution in [0.2, 0.25) is 0 Å². The van der Waals surface area contributed by atoms with E-state index in [1.54, 1.807) is 26.2 Å². The highest BCUT2D eigenvalue weighted by molar-refractivity contribution is 5.83. The van der Waals surface area contributed by atoms with Crippen LogP contribution in [-0.4, -0.2) is 35.8 Å². The van der Waals surface area contributed by atoms with Gasteiger partial charge in [0.2, 0.25) is 17.7 Å². The van der Waals surface area contributed by atoms with Crippen molar-refractivity contribution in [3.05, 3.63) is 53.7 Å².